The number of nitrogens with one attached hydrogen (secondary N) is 2. The molecule has 2 aromatic rings. The van der Waals surface area contributed by atoms with E-state index in [1.807, 2.05) is 12.1 Å². The maximum atomic E-state index is 11.9. The highest BCUT2D eigenvalue weighted by Gasteiger charge is 2.18. The van der Waals surface area contributed by atoms with Crippen LogP contribution in [0.15, 0.2) is 30.5 Å². The predicted molar refractivity (Wildman–Crippen MR) is 111 cm³/mol. The van der Waals surface area contributed by atoms with Gasteiger partial charge in [0, 0.05) is 25.0 Å². The van der Waals surface area contributed by atoms with Crippen LogP contribution in [0.4, 0.5) is 17.5 Å². The van der Waals surface area contributed by atoms with Crippen molar-refractivity contribution < 1.29 is 6.21 Å². The minimum Gasteiger partial charge on any atom is -0.365 e. The van der Waals surface area contributed by atoms with E-state index in [-0.39, 0.29) is 5.56 Å². The Labute approximate surface area is 167 Å². The molecule has 2 fully saturated rings. The van der Waals surface area contributed by atoms with Gasteiger partial charge in [0.1, 0.15) is 12.8 Å². The number of piperidine rings is 2. The van der Waals surface area contributed by atoms with Crippen molar-refractivity contribution in [2.45, 2.75) is 38.0 Å². The number of aromatic nitrogens is 2. The highest BCUT2D eigenvalue weighted by atomic mass is 16.1. The van der Waals surface area contributed by atoms with Crippen LogP contribution in [0, 0.1) is 0 Å². The van der Waals surface area contributed by atoms with Gasteiger partial charge in [0.2, 0.25) is 5.95 Å². The highest BCUT2D eigenvalue weighted by Crippen LogP contribution is 2.28. The molecule has 0 aliphatic carbocycles. The standard InChI is InChI=1S/C21H28N6O/c22-19(28)18-14-24-21(27-12-2-1-3-13-27)26-20(18)25-17-6-4-15(5-7-17)16-8-10-23-11-9-16/h4-7,14,16,23H,1-3,8-13H2,(H2,22,28)(H,24,25,26)/i/hD. The van der Waals surface area contributed by atoms with Gasteiger partial charge in [-0.2, -0.15) is 4.98 Å². The number of carbonyl (C=O) groups is 1. The predicted octanol–water partition coefficient (Wildman–Crippen LogP) is 2.78. The SMILES string of the molecule is [2H]N1CCC(c2ccc(Nc3nc(N4CCCCC4)ncc3C(N)=O)cc2)CC1. The van der Waals surface area contributed by atoms with E-state index in [9.17, 15) is 4.79 Å². The van der Waals surface area contributed by atoms with E-state index in [4.69, 9.17) is 7.15 Å². The maximum absolute atomic E-state index is 11.9. The average molecular weight is 382 g/mol. The summed E-state index contributed by atoms with van der Waals surface area (Å²) in [5.41, 5.74) is 7.97. The average Bonchev–Trinajstić information content (AvgIpc) is 2.75. The molecule has 2 aliphatic rings. The summed E-state index contributed by atoms with van der Waals surface area (Å²) in [6.07, 6.45) is 7.02. The van der Waals surface area contributed by atoms with E-state index in [0.29, 0.717) is 17.7 Å². The first-order chi connectivity index (χ1) is 14.1. The largest absolute Gasteiger partial charge is 0.365 e. The van der Waals surface area contributed by atoms with Crippen molar-refractivity contribution in [1.29, 1.82) is 0 Å². The molecule has 7 heteroatoms. The number of hydrogen-bond acceptors (Lipinski definition) is 6. The summed E-state index contributed by atoms with van der Waals surface area (Å²) in [5.74, 6) is 1.03. The van der Waals surface area contributed by atoms with Gasteiger partial charge in [0.05, 0.1) is 0 Å². The van der Waals surface area contributed by atoms with Crippen LogP contribution in [0.5, 0.6) is 0 Å². The molecule has 2 saturated heterocycles. The molecule has 0 atom stereocenters. The minimum atomic E-state index is -0.545. The third kappa shape index (κ3) is 4.25. The summed E-state index contributed by atoms with van der Waals surface area (Å²) in [6.45, 7) is 3.49. The van der Waals surface area contributed by atoms with Gasteiger partial charge in [-0.1, -0.05) is 12.1 Å². The van der Waals surface area contributed by atoms with Gasteiger partial charge in [0.25, 0.3) is 5.91 Å². The summed E-state index contributed by atoms with van der Waals surface area (Å²) in [4.78, 5) is 23.0. The lowest BCUT2D eigenvalue weighted by Gasteiger charge is -2.27. The molecule has 0 saturated carbocycles. The van der Waals surface area contributed by atoms with Crippen LogP contribution in [0.2, 0.25) is 1.41 Å². The van der Waals surface area contributed by atoms with Crippen LogP contribution in [0.25, 0.3) is 0 Å². The molecule has 0 spiro atoms. The van der Waals surface area contributed by atoms with Gasteiger partial charge >= 0.3 is 0 Å². The van der Waals surface area contributed by atoms with Gasteiger partial charge in [-0.15, -0.1) is 0 Å². The number of nitrogens with zero attached hydrogens (tertiary/aromatic N) is 3. The smallest absolute Gasteiger partial charge is 0.254 e. The monoisotopic (exact) mass is 381 g/mol. The van der Waals surface area contributed by atoms with Crippen LogP contribution in [-0.4, -0.2) is 42.1 Å². The number of carbonyl (C=O) groups excluding carboxylic acids is 1. The Kier molecular flexibility index (Phi) is 5.33. The van der Waals surface area contributed by atoms with Gasteiger partial charge in [-0.05, 0) is 68.8 Å². The summed E-state index contributed by atoms with van der Waals surface area (Å²) in [5, 5.41) is 4.89. The second-order valence-corrected chi connectivity index (χ2v) is 7.54. The minimum absolute atomic E-state index is 0.289. The first-order valence-electron chi connectivity index (χ1n) is 10.6. The molecule has 0 bridgehead atoms. The molecule has 3 heterocycles. The van der Waals surface area contributed by atoms with Gasteiger partial charge in [-0.3, -0.25) is 4.79 Å². The number of rotatable bonds is 5. The van der Waals surface area contributed by atoms with Crippen molar-refractivity contribution in [2.75, 3.05) is 36.4 Å². The Balaban J connectivity index is 1.52. The third-order valence-corrected chi connectivity index (χ3v) is 5.60. The number of primary amides is 1. The number of nitrogens with two attached hydrogens (primary N) is 1. The molecule has 2 aliphatic heterocycles. The first kappa shape index (κ1) is 17.4. The summed E-state index contributed by atoms with van der Waals surface area (Å²) in [6, 6.07) is 8.25. The van der Waals surface area contributed by atoms with Crippen molar-refractivity contribution in [1.82, 2.24) is 15.3 Å². The van der Waals surface area contributed by atoms with E-state index in [1.165, 1.54) is 18.2 Å². The lowest BCUT2D eigenvalue weighted by molar-refractivity contribution is 0.100. The molecule has 1 aromatic heterocycles. The second-order valence-electron chi connectivity index (χ2n) is 7.54. The first-order valence-corrected chi connectivity index (χ1v) is 10.1. The van der Waals surface area contributed by atoms with Gasteiger partial charge in [0.15, 0.2) is 0 Å². The van der Waals surface area contributed by atoms with E-state index < -0.39 is 5.91 Å². The zero-order valence-electron chi connectivity index (χ0n) is 17.1. The molecule has 1 amide bonds. The Morgan fingerprint density at radius 1 is 1.18 bits per heavy atom. The van der Waals surface area contributed by atoms with Crippen LogP contribution in [0.3, 0.4) is 0 Å². The van der Waals surface area contributed by atoms with Crippen molar-refractivity contribution in [3.63, 3.8) is 0 Å². The second kappa shape index (κ2) is 8.56. The van der Waals surface area contributed by atoms with Crippen molar-refractivity contribution in [2.24, 2.45) is 5.73 Å². The van der Waals surface area contributed by atoms with E-state index in [2.05, 4.69) is 32.3 Å². The molecule has 148 valence electrons. The van der Waals surface area contributed by atoms with Crippen LogP contribution >= 0.6 is 0 Å². The normalized spacial score (nSPS) is 19.3. The lowest BCUT2D eigenvalue weighted by atomic mass is 9.90. The lowest BCUT2D eigenvalue weighted by Crippen LogP contribution is -2.31. The van der Waals surface area contributed by atoms with E-state index in [0.717, 1.165) is 57.5 Å². The Hall–Kier alpha value is -2.67. The summed E-state index contributed by atoms with van der Waals surface area (Å²) < 4.78 is 7.70. The quantitative estimate of drug-likeness (QED) is 0.737. The summed E-state index contributed by atoms with van der Waals surface area (Å²) >= 11 is 0. The fourth-order valence-corrected chi connectivity index (χ4v) is 3.95. The molecular formula is C21H28N6O. The summed E-state index contributed by atoms with van der Waals surface area (Å²) in [7, 11) is 0. The van der Waals surface area contributed by atoms with Crippen molar-refractivity contribution >= 4 is 23.4 Å². The van der Waals surface area contributed by atoms with Crippen LogP contribution < -0.4 is 21.3 Å². The molecule has 4 N–H and O–H groups in total. The maximum Gasteiger partial charge on any atom is 0.254 e. The van der Waals surface area contributed by atoms with Crippen molar-refractivity contribution in [3.8, 4) is 0 Å². The Morgan fingerprint density at radius 2 is 1.89 bits per heavy atom. The van der Waals surface area contributed by atoms with Crippen molar-refractivity contribution in [3.05, 3.63) is 41.6 Å². The topological polar surface area (TPSA) is 96.2 Å². The van der Waals surface area contributed by atoms with Crippen LogP contribution in [0.1, 0.15) is 53.9 Å². The Morgan fingerprint density at radius 3 is 2.57 bits per heavy atom. The van der Waals surface area contributed by atoms with E-state index >= 15 is 0 Å². The molecule has 28 heavy (non-hydrogen) atoms. The molecule has 7 nitrogen and oxygen atoms in total. The number of hydrogen-bond donors (Lipinski definition) is 3. The third-order valence-electron chi connectivity index (χ3n) is 5.60. The van der Waals surface area contributed by atoms with E-state index in [1.54, 1.807) is 5.31 Å². The van der Waals surface area contributed by atoms with Crippen LogP contribution in [-0.2, 0) is 0 Å². The fraction of sp³-hybridized carbons (Fsp3) is 0.476. The zero-order valence-corrected chi connectivity index (χ0v) is 16.1. The number of benzene rings is 1. The number of anilines is 3. The Bertz CT molecular complexity index is 845. The highest BCUT2D eigenvalue weighted by molar-refractivity contribution is 5.98. The fourth-order valence-electron chi connectivity index (χ4n) is 3.95. The molecule has 0 unspecified atom stereocenters. The molecule has 0 radical (unpaired) electrons. The number of amides is 1. The zero-order chi connectivity index (χ0) is 20.2. The molecule has 1 aromatic carbocycles. The van der Waals surface area contributed by atoms with Gasteiger partial charge < -0.3 is 21.3 Å². The molecular weight excluding hydrogens is 352 g/mol. The molecule has 4 rings (SSSR count). The van der Waals surface area contributed by atoms with Gasteiger partial charge in [-0.25, -0.2) is 4.98 Å².